The first kappa shape index (κ1) is 20.6. The summed E-state index contributed by atoms with van der Waals surface area (Å²) in [6.45, 7) is 1.97. The molecule has 2 aliphatic rings. The largest absolute Gasteiger partial charge is 0.461 e. The molecule has 1 saturated heterocycles. The average molecular weight is 406 g/mol. The van der Waals surface area contributed by atoms with E-state index in [4.69, 9.17) is 4.74 Å². The van der Waals surface area contributed by atoms with Crippen LogP contribution in [0, 0.1) is 17.8 Å². The van der Waals surface area contributed by atoms with E-state index in [-0.39, 0.29) is 24.9 Å². The van der Waals surface area contributed by atoms with Crippen LogP contribution in [0.25, 0.3) is 0 Å². The number of carbonyl (C=O) groups excluding carboxylic acids is 2. The Labute approximate surface area is 179 Å². The van der Waals surface area contributed by atoms with Crippen molar-refractivity contribution in [2.24, 2.45) is 17.8 Å². The van der Waals surface area contributed by atoms with Crippen LogP contribution in [0.5, 0.6) is 0 Å². The third kappa shape index (κ3) is 5.29. The maximum absolute atomic E-state index is 13.1. The van der Waals surface area contributed by atoms with Gasteiger partial charge in [-0.3, -0.25) is 9.59 Å². The number of rotatable bonds is 7. The van der Waals surface area contributed by atoms with Gasteiger partial charge in [0.1, 0.15) is 6.61 Å². The summed E-state index contributed by atoms with van der Waals surface area (Å²) in [5, 5.41) is 0. The molecule has 4 nitrogen and oxygen atoms in total. The zero-order chi connectivity index (χ0) is 20.8. The lowest BCUT2D eigenvalue weighted by Crippen LogP contribution is -2.33. The second-order valence-corrected chi connectivity index (χ2v) is 8.79. The predicted octanol–water partition coefficient (Wildman–Crippen LogP) is 4.63. The number of ether oxygens (including phenoxy) is 1. The van der Waals surface area contributed by atoms with E-state index in [0.29, 0.717) is 18.3 Å². The summed E-state index contributed by atoms with van der Waals surface area (Å²) >= 11 is 0. The van der Waals surface area contributed by atoms with E-state index in [1.165, 1.54) is 25.7 Å². The van der Waals surface area contributed by atoms with Crippen molar-refractivity contribution in [2.45, 2.75) is 45.1 Å². The van der Waals surface area contributed by atoms with Gasteiger partial charge >= 0.3 is 5.97 Å². The molecular weight excluding hydrogens is 374 g/mol. The SMILES string of the molecule is O=C(OCc1ccccc1)[C@@H](CC(=O)N1C[C@H]2CCCC[C@H]2C1)Cc1ccccc1. The molecular formula is C26H31NO3. The van der Waals surface area contributed by atoms with E-state index in [2.05, 4.69) is 0 Å². The van der Waals surface area contributed by atoms with E-state index in [0.717, 1.165) is 24.2 Å². The monoisotopic (exact) mass is 405 g/mol. The molecule has 2 aromatic carbocycles. The molecule has 0 spiro atoms. The fraction of sp³-hybridized carbons (Fsp3) is 0.462. The van der Waals surface area contributed by atoms with Crippen LogP contribution in [0.2, 0.25) is 0 Å². The predicted molar refractivity (Wildman–Crippen MR) is 117 cm³/mol. The van der Waals surface area contributed by atoms with Gasteiger partial charge in [0, 0.05) is 19.5 Å². The summed E-state index contributed by atoms with van der Waals surface area (Å²) in [7, 11) is 0. The lowest BCUT2D eigenvalue weighted by Gasteiger charge is -2.22. The van der Waals surface area contributed by atoms with Gasteiger partial charge < -0.3 is 9.64 Å². The molecule has 3 atom stereocenters. The minimum absolute atomic E-state index is 0.0991. The van der Waals surface area contributed by atoms with Crippen molar-refractivity contribution < 1.29 is 14.3 Å². The van der Waals surface area contributed by atoms with Crippen molar-refractivity contribution in [2.75, 3.05) is 13.1 Å². The molecule has 0 radical (unpaired) electrons. The summed E-state index contributed by atoms with van der Waals surface area (Å²) in [5.41, 5.74) is 2.02. The highest BCUT2D eigenvalue weighted by Crippen LogP contribution is 2.36. The maximum Gasteiger partial charge on any atom is 0.310 e. The first-order chi connectivity index (χ1) is 14.7. The Kier molecular flexibility index (Phi) is 6.83. The number of fused-ring (bicyclic) bond motifs is 1. The molecule has 1 amide bonds. The first-order valence-electron chi connectivity index (χ1n) is 11.2. The summed E-state index contributed by atoms with van der Waals surface area (Å²) in [5.74, 6) is 0.668. The highest BCUT2D eigenvalue weighted by atomic mass is 16.5. The van der Waals surface area contributed by atoms with Gasteiger partial charge in [-0.25, -0.2) is 0 Å². The highest BCUT2D eigenvalue weighted by Gasteiger charge is 2.37. The van der Waals surface area contributed by atoms with Gasteiger partial charge in [-0.15, -0.1) is 0 Å². The van der Waals surface area contributed by atoms with Crippen LogP contribution >= 0.6 is 0 Å². The van der Waals surface area contributed by atoms with E-state index in [1.807, 2.05) is 65.6 Å². The van der Waals surface area contributed by atoms with Crippen molar-refractivity contribution >= 4 is 11.9 Å². The Morgan fingerprint density at radius 2 is 1.43 bits per heavy atom. The third-order valence-corrected chi connectivity index (χ3v) is 6.63. The Balaban J connectivity index is 1.40. The van der Waals surface area contributed by atoms with Gasteiger partial charge in [-0.1, -0.05) is 73.5 Å². The average Bonchev–Trinajstić information content (AvgIpc) is 3.23. The number of hydrogen-bond donors (Lipinski definition) is 0. The van der Waals surface area contributed by atoms with Crippen molar-refractivity contribution in [1.29, 1.82) is 0 Å². The lowest BCUT2D eigenvalue weighted by molar-refractivity contribution is -0.152. The molecule has 158 valence electrons. The fourth-order valence-electron chi connectivity index (χ4n) is 4.93. The topological polar surface area (TPSA) is 46.6 Å². The van der Waals surface area contributed by atoms with Gasteiger partial charge in [0.15, 0.2) is 0 Å². The molecule has 2 fully saturated rings. The van der Waals surface area contributed by atoms with Gasteiger partial charge in [-0.05, 0) is 42.2 Å². The number of hydrogen-bond acceptors (Lipinski definition) is 3. The molecule has 1 aliphatic heterocycles. The quantitative estimate of drug-likeness (QED) is 0.631. The van der Waals surface area contributed by atoms with E-state index in [9.17, 15) is 9.59 Å². The van der Waals surface area contributed by atoms with Crippen LogP contribution in [-0.4, -0.2) is 29.9 Å². The van der Waals surface area contributed by atoms with Crippen molar-refractivity contribution in [3.8, 4) is 0 Å². The van der Waals surface area contributed by atoms with Crippen molar-refractivity contribution in [3.05, 3.63) is 71.8 Å². The maximum atomic E-state index is 13.1. The minimum Gasteiger partial charge on any atom is -0.461 e. The van der Waals surface area contributed by atoms with Crippen molar-refractivity contribution in [1.82, 2.24) is 4.90 Å². The molecule has 30 heavy (non-hydrogen) atoms. The zero-order valence-electron chi connectivity index (χ0n) is 17.5. The summed E-state index contributed by atoms with van der Waals surface area (Å²) in [6.07, 6.45) is 5.79. The molecule has 2 aromatic rings. The summed E-state index contributed by atoms with van der Waals surface area (Å²) in [4.78, 5) is 28.0. The molecule has 1 aliphatic carbocycles. The number of nitrogens with zero attached hydrogens (tertiary/aromatic N) is 1. The number of esters is 1. The highest BCUT2D eigenvalue weighted by molar-refractivity contribution is 5.83. The van der Waals surface area contributed by atoms with Crippen LogP contribution in [0.1, 0.15) is 43.2 Å². The Hall–Kier alpha value is -2.62. The first-order valence-corrected chi connectivity index (χ1v) is 11.2. The van der Waals surface area contributed by atoms with Gasteiger partial charge in [-0.2, -0.15) is 0 Å². The zero-order valence-corrected chi connectivity index (χ0v) is 17.5. The number of likely N-dealkylation sites (tertiary alicyclic amines) is 1. The Morgan fingerprint density at radius 3 is 2.03 bits per heavy atom. The van der Waals surface area contributed by atoms with Crippen LogP contribution in [0.4, 0.5) is 0 Å². The van der Waals surface area contributed by atoms with E-state index >= 15 is 0 Å². The molecule has 4 rings (SSSR count). The molecule has 0 bridgehead atoms. The normalized spacial score (nSPS) is 21.7. The lowest BCUT2D eigenvalue weighted by atomic mass is 9.82. The second-order valence-electron chi connectivity index (χ2n) is 8.79. The van der Waals surface area contributed by atoms with Crippen LogP contribution in [0.15, 0.2) is 60.7 Å². The summed E-state index contributed by atoms with van der Waals surface area (Å²) in [6, 6.07) is 19.6. The van der Waals surface area contributed by atoms with E-state index < -0.39 is 5.92 Å². The molecule has 0 aromatic heterocycles. The molecule has 1 heterocycles. The van der Waals surface area contributed by atoms with Crippen molar-refractivity contribution in [3.63, 3.8) is 0 Å². The number of carbonyl (C=O) groups is 2. The Bertz CT molecular complexity index is 822. The van der Waals surface area contributed by atoms with Crippen LogP contribution in [0.3, 0.4) is 0 Å². The standard InChI is InChI=1S/C26H31NO3/c28-25(27-17-22-13-7-8-14-23(22)18-27)16-24(15-20-9-3-1-4-10-20)26(29)30-19-21-11-5-2-6-12-21/h1-6,9-12,22-24H,7-8,13-19H2/t22-,23+,24-/m1/s1. The van der Waals surface area contributed by atoms with Gasteiger partial charge in [0.25, 0.3) is 0 Å². The molecule has 4 heteroatoms. The molecule has 0 N–H and O–H groups in total. The Morgan fingerprint density at radius 1 is 0.867 bits per heavy atom. The summed E-state index contributed by atoms with van der Waals surface area (Å²) < 4.78 is 5.61. The molecule has 0 unspecified atom stereocenters. The van der Waals surface area contributed by atoms with Crippen LogP contribution in [-0.2, 0) is 27.4 Å². The second kappa shape index (κ2) is 9.92. The van der Waals surface area contributed by atoms with Gasteiger partial charge in [0.05, 0.1) is 5.92 Å². The fourth-order valence-corrected chi connectivity index (χ4v) is 4.93. The van der Waals surface area contributed by atoms with E-state index in [1.54, 1.807) is 0 Å². The third-order valence-electron chi connectivity index (χ3n) is 6.63. The number of amides is 1. The minimum atomic E-state index is -0.453. The van der Waals surface area contributed by atoms with Gasteiger partial charge in [0.2, 0.25) is 5.91 Å². The van der Waals surface area contributed by atoms with Crippen LogP contribution < -0.4 is 0 Å². The molecule has 1 saturated carbocycles. The number of benzene rings is 2. The smallest absolute Gasteiger partial charge is 0.310 e.